The number of fused-ring (bicyclic) bond motifs is 1. The lowest BCUT2D eigenvalue weighted by Crippen LogP contribution is -2.41. The molecule has 1 saturated heterocycles. The summed E-state index contributed by atoms with van der Waals surface area (Å²) in [5.41, 5.74) is 1.07. The third kappa shape index (κ3) is 3.61. The molecule has 128 valence electrons. The van der Waals surface area contributed by atoms with E-state index in [1.165, 1.54) is 0 Å². The molecule has 3 amide bonds. The van der Waals surface area contributed by atoms with Gasteiger partial charge in [0.1, 0.15) is 6.54 Å². The van der Waals surface area contributed by atoms with E-state index in [2.05, 4.69) is 5.32 Å². The summed E-state index contributed by atoms with van der Waals surface area (Å²) in [6, 6.07) is 7.43. The van der Waals surface area contributed by atoms with Gasteiger partial charge in [0.25, 0.3) is 0 Å². The highest BCUT2D eigenvalue weighted by atomic mass is 35.5. The molecule has 0 aromatic heterocycles. The predicted molar refractivity (Wildman–Crippen MR) is 90.3 cm³/mol. The highest BCUT2D eigenvalue weighted by molar-refractivity contribution is 6.30. The van der Waals surface area contributed by atoms with Crippen molar-refractivity contribution >= 4 is 29.3 Å². The SMILES string of the molecule is O=C(CN1C(=O)[C@H]2CCCC[C@H]2C1=O)NCCc1ccc(Cl)cc1. The van der Waals surface area contributed by atoms with Gasteiger partial charge in [-0.05, 0) is 37.0 Å². The maximum absolute atomic E-state index is 12.3. The molecular formula is C18H21ClN2O3. The Hall–Kier alpha value is -1.88. The Balaban J connectivity index is 1.48. The van der Waals surface area contributed by atoms with E-state index in [0.717, 1.165) is 36.1 Å². The maximum atomic E-state index is 12.3. The molecule has 2 fully saturated rings. The van der Waals surface area contributed by atoms with Gasteiger partial charge in [-0.1, -0.05) is 36.6 Å². The van der Waals surface area contributed by atoms with Gasteiger partial charge < -0.3 is 5.32 Å². The number of hydrogen-bond acceptors (Lipinski definition) is 3. The molecule has 1 aliphatic carbocycles. The Labute approximate surface area is 146 Å². The molecule has 0 spiro atoms. The van der Waals surface area contributed by atoms with Crippen LogP contribution in [-0.2, 0) is 20.8 Å². The Morgan fingerprint density at radius 1 is 1.08 bits per heavy atom. The van der Waals surface area contributed by atoms with Crippen LogP contribution in [0.3, 0.4) is 0 Å². The summed E-state index contributed by atoms with van der Waals surface area (Å²) in [6.07, 6.45) is 4.19. The molecular weight excluding hydrogens is 328 g/mol. The molecule has 6 heteroatoms. The highest BCUT2D eigenvalue weighted by Gasteiger charge is 2.48. The second-order valence-corrected chi connectivity index (χ2v) is 6.92. The summed E-state index contributed by atoms with van der Waals surface area (Å²) in [5, 5.41) is 3.45. The first-order valence-electron chi connectivity index (χ1n) is 8.42. The monoisotopic (exact) mass is 348 g/mol. The minimum atomic E-state index is -0.288. The molecule has 0 radical (unpaired) electrons. The zero-order chi connectivity index (χ0) is 17.1. The van der Waals surface area contributed by atoms with Crippen molar-refractivity contribution in [3.05, 3.63) is 34.9 Å². The van der Waals surface area contributed by atoms with Crippen LogP contribution in [0.1, 0.15) is 31.2 Å². The first-order valence-corrected chi connectivity index (χ1v) is 8.80. The fourth-order valence-electron chi connectivity index (χ4n) is 3.58. The zero-order valence-corrected chi connectivity index (χ0v) is 14.2. The minimum Gasteiger partial charge on any atom is -0.354 e. The van der Waals surface area contributed by atoms with E-state index in [-0.39, 0.29) is 36.1 Å². The summed E-state index contributed by atoms with van der Waals surface area (Å²) in [4.78, 5) is 37.9. The number of nitrogens with one attached hydrogen (secondary N) is 1. The molecule has 1 aromatic carbocycles. The summed E-state index contributed by atoms with van der Waals surface area (Å²) >= 11 is 5.83. The van der Waals surface area contributed by atoms with Crippen LogP contribution >= 0.6 is 11.6 Å². The average Bonchev–Trinajstić information content (AvgIpc) is 2.82. The third-order valence-electron chi connectivity index (χ3n) is 4.88. The molecule has 1 aromatic rings. The minimum absolute atomic E-state index is 0.161. The Morgan fingerprint density at radius 2 is 1.67 bits per heavy atom. The molecule has 1 saturated carbocycles. The largest absolute Gasteiger partial charge is 0.354 e. The lowest BCUT2D eigenvalue weighted by atomic mass is 9.81. The van der Waals surface area contributed by atoms with Crippen molar-refractivity contribution in [2.75, 3.05) is 13.1 Å². The highest BCUT2D eigenvalue weighted by Crippen LogP contribution is 2.37. The molecule has 0 bridgehead atoms. The zero-order valence-electron chi connectivity index (χ0n) is 13.5. The summed E-state index contributed by atoms with van der Waals surface area (Å²) in [6.45, 7) is 0.300. The van der Waals surface area contributed by atoms with E-state index >= 15 is 0 Å². The van der Waals surface area contributed by atoms with Crippen molar-refractivity contribution in [3.8, 4) is 0 Å². The molecule has 0 unspecified atom stereocenters. The number of benzene rings is 1. The van der Waals surface area contributed by atoms with Gasteiger partial charge in [-0.25, -0.2) is 0 Å². The van der Waals surface area contributed by atoms with Crippen molar-refractivity contribution in [2.24, 2.45) is 11.8 Å². The quantitative estimate of drug-likeness (QED) is 0.829. The molecule has 24 heavy (non-hydrogen) atoms. The third-order valence-corrected chi connectivity index (χ3v) is 5.14. The summed E-state index contributed by atoms with van der Waals surface area (Å²) in [5.74, 6) is -1.03. The predicted octanol–water partition coefficient (Wildman–Crippen LogP) is 2.17. The number of halogens is 1. The number of carbonyl (C=O) groups excluding carboxylic acids is 3. The van der Waals surface area contributed by atoms with Crippen LogP contribution in [0.5, 0.6) is 0 Å². The van der Waals surface area contributed by atoms with Crippen molar-refractivity contribution in [2.45, 2.75) is 32.1 Å². The number of likely N-dealkylation sites (tertiary alicyclic amines) is 1. The van der Waals surface area contributed by atoms with E-state index in [4.69, 9.17) is 11.6 Å². The fourth-order valence-corrected chi connectivity index (χ4v) is 3.71. The Bertz CT molecular complexity index is 620. The average molecular weight is 349 g/mol. The van der Waals surface area contributed by atoms with Gasteiger partial charge in [-0.2, -0.15) is 0 Å². The molecule has 1 aliphatic heterocycles. The number of hydrogen-bond donors (Lipinski definition) is 1. The topological polar surface area (TPSA) is 66.5 Å². The number of carbonyl (C=O) groups is 3. The van der Waals surface area contributed by atoms with E-state index in [1.54, 1.807) is 0 Å². The van der Waals surface area contributed by atoms with Crippen LogP contribution < -0.4 is 5.32 Å². The van der Waals surface area contributed by atoms with Gasteiger partial charge in [-0.3, -0.25) is 19.3 Å². The van der Waals surface area contributed by atoms with Crippen molar-refractivity contribution in [1.29, 1.82) is 0 Å². The van der Waals surface area contributed by atoms with E-state index in [1.807, 2.05) is 24.3 Å². The Morgan fingerprint density at radius 3 is 2.25 bits per heavy atom. The van der Waals surface area contributed by atoms with Gasteiger partial charge in [0.05, 0.1) is 11.8 Å². The number of rotatable bonds is 5. The maximum Gasteiger partial charge on any atom is 0.240 e. The lowest BCUT2D eigenvalue weighted by Gasteiger charge is -2.19. The first kappa shape index (κ1) is 17.0. The van der Waals surface area contributed by atoms with Crippen LogP contribution in [0.4, 0.5) is 0 Å². The second kappa shape index (κ2) is 7.34. The molecule has 3 rings (SSSR count). The van der Waals surface area contributed by atoms with Gasteiger partial charge >= 0.3 is 0 Å². The van der Waals surface area contributed by atoms with E-state index in [0.29, 0.717) is 18.0 Å². The second-order valence-electron chi connectivity index (χ2n) is 6.49. The molecule has 1 heterocycles. The number of nitrogens with zero attached hydrogens (tertiary/aromatic N) is 1. The van der Waals surface area contributed by atoms with Gasteiger partial charge in [0.2, 0.25) is 17.7 Å². The van der Waals surface area contributed by atoms with Gasteiger partial charge in [-0.15, -0.1) is 0 Å². The van der Waals surface area contributed by atoms with Crippen molar-refractivity contribution in [3.63, 3.8) is 0 Å². The van der Waals surface area contributed by atoms with Gasteiger partial charge in [0.15, 0.2) is 0 Å². The van der Waals surface area contributed by atoms with Crippen LogP contribution in [-0.4, -0.2) is 35.7 Å². The smallest absolute Gasteiger partial charge is 0.240 e. The number of imide groups is 1. The van der Waals surface area contributed by atoms with Crippen molar-refractivity contribution < 1.29 is 14.4 Å². The standard InChI is InChI=1S/C18H21ClN2O3/c19-13-7-5-12(6-8-13)9-10-20-16(22)11-21-17(23)14-3-1-2-4-15(14)18(21)24/h5-8,14-15H,1-4,9-11H2,(H,20,22)/t14-,15+. The first-order chi connectivity index (χ1) is 11.6. The van der Waals surface area contributed by atoms with Crippen LogP contribution in [0.2, 0.25) is 5.02 Å². The van der Waals surface area contributed by atoms with Gasteiger partial charge in [0, 0.05) is 11.6 Å². The van der Waals surface area contributed by atoms with Crippen LogP contribution in [0, 0.1) is 11.8 Å². The molecule has 1 N–H and O–H groups in total. The normalized spacial score (nSPS) is 23.3. The number of amides is 3. The lowest BCUT2D eigenvalue weighted by molar-refractivity contribution is -0.143. The summed E-state index contributed by atoms with van der Waals surface area (Å²) < 4.78 is 0. The van der Waals surface area contributed by atoms with E-state index in [9.17, 15) is 14.4 Å². The fraction of sp³-hybridized carbons (Fsp3) is 0.500. The van der Waals surface area contributed by atoms with Crippen LogP contribution in [0.15, 0.2) is 24.3 Å². The van der Waals surface area contributed by atoms with Crippen molar-refractivity contribution in [1.82, 2.24) is 10.2 Å². The van der Waals surface area contributed by atoms with E-state index < -0.39 is 0 Å². The summed E-state index contributed by atoms with van der Waals surface area (Å²) in [7, 11) is 0. The molecule has 2 aliphatic rings. The van der Waals surface area contributed by atoms with Crippen LogP contribution in [0.25, 0.3) is 0 Å². The Kier molecular flexibility index (Phi) is 5.19. The molecule has 5 nitrogen and oxygen atoms in total. The molecule has 2 atom stereocenters.